The minimum Gasteiger partial charge on any atom is -0.265 e. The third-order valence-electron chi connectivity index (χ3n) is 1.53. The summed E-state index contributed by atoms with van der Waals surface area (Å²) in [5.74, 6) is 0. The number of rotatable bonds is 1. The molecule has 11 heavy (non-hydrogen) atoms. The van der Waals surface area contributed by atoms with Crippen LogP contribution in [0.3, 0.4) is 0 Å². The van der Waals surface area contributed by atoms with Gasteiger partial charge >= 0.3 is 0 Å². The lowest BCUT2D eigenvalue weighted by atomic mass is 10.2. The van der Waals surface area contributed by atoms with Gasteiger partial charge in [-0.3, -0.25) is 10.3 Å². The van der Waals surface area contributed by atoms with Gasteiger partial charge in [-0.15, -0.1) is 0 Å². The Hall–Kier alpha value is -1.57. The zero-order chi connectivity index (χ0) is 7.52. The largest absolute Gasteiger partial charge is 0.265 e. The summed E-state index contributed by atoms with van der Waals surface area (Å²) < 4.78 is 0. The van der Waals surface area contributed by atoms with Gasteiger partial charge in [0, 0.05) is 24.2 Å². The number of pyridine rings is 1. The van der Waals surface area contributed by atoms with Gasteiger partial charge in [-0.1, -0.05) is 0 Å². The molecule has 2 heteroatoms. The maximum Gasteiger partial charge on any atom is 0.0703 e. The van der Waals surface area contributed by atoms with Gasteiger partial charge in [0.15, 0.2) is 0 Å². The molecule has 1 aromatic rings. The lowest BCUT2D eigenvalue weighted by Gasteiger charge is -1.98. The minimum atomic E-state index is 1.01. The monoisotopic (exact) mass is 143 g/mol. The van der Waals surface area contributed by atoms with Crippen molar-refractivity contribution >= 4 is 5.70 Å². The maximum atomic E-state index is 4.16. The molecular weight excluding hydrogens is 136 g/mol. The van der Waals surface area contributed by atoms with Crippen molar-refractivity contribution in [2.45, 2.75) is 0 Å². The molecule has 1 aliphatic heterocycles. The van der Waals surface area contributed by atoms with Gasteiger partial charge in [0.2, 0.25) is 0 Å². The summed E-state index contributed by atoms with van der Waals surface area (Å²) in [6.45, 7) is 0. The van der Waals surface area contributed by atoms with Gasteiger partial charge in [-0.05, 0) is 24.3 Å². The van der Waals surface area contributed by atoms with E-state index in [0.717, 1.165) is 11.3 Å². The van der Waals surface area contributed by atoms with Crippen molar-refractivity contribution in [1.29, 1.82) is 0 Å². The van der Waals surface area contributed by atoms with Crippen molar-refractivity contribution in [2.75, 3.05) is 0 Å². The van der Waals surface area contributed by atoms with Crippen molar-refractivity contribution in [3.8, 4) is 0 Å². The van der Waals surface area contributed by atoms with Gasteiger partial charge in [0.1, 0.15) is 0 Å². The fourth-order valence-corrected chi connectivity index (χ4v) is 0.994. The predicted octanol–water partition coefficient (Wildman–Crippen LogP) is 1.55. The van der Waals surface area contributed by atoms with Crippen LogP contribution in [0.4, 0.5) is 0 Å². The van der Waals surface area contributed by atoms with E-state index in [2.05, 4.69) is 10.3 Å². The van der Waals surface area contributed by atoms with E-state index in [4.69, 9.17) is 0 Å². The Kier molecular flexibility index (Phi) is 1.44. The molecule has 2 rings (SSSR count). The molecule has 1 radical (unpaired) electrons. The maximum absolute atomic E-state index is 4.16. The highest BCUT2D eigenvalue weighted by Crippen LogP contribution is 2.14. The summed E-state index contributed by atoms with van der Waals surface area (Å²) in [5.41, 5.74) is 2.12. The van der Waals surface area contributed by atoms with E-state index in [1.807, 2.05) is 24.3 Å². The number of allylic oxidation sites excluding steroid dienone is 2. The van der Waals surface area contributed by atoms with E-state index in [-0.39, 0.29) is 0 Å². The third-order valence-corrected chi connectivity index (χ3v) is 1.53. The van der Waals surface area contributed by atoms with Gasteiger partial charge in [0.05, 0.1) is 5.70 Å². The summed E-state index contributed by atoms with van der Waals surface area (Å²) in [6.07, 6.45) is 9.23. The van der Waals surface area contributed by atoms with Crippen LogP contribution in [0.2, 0.25) is 0 Å². The number of nitrogens with zero attached hydrogens (tertiary/aromatic N) is 2. The second-order valence-corrected chi connectivity index (χ2v) is 2.26. The van der Waals surface area contributed by atoms with E-state index in [0.29, 0.717) is 0 Å². The zero-order valence-electron chi connectivity index (χ0n) is 5.94. The minimum absolute atomic E-state index is 1.01. The van der Waals surface area contributed by atoms with Crippen molar-refractivity contribution in [3.05, 3.63) is 48.4 Å². The normalized spacial score (nSPS) is 14.4. The van der Waals surface area contributed by atoms with Gasteiger partial charge in [-0.2, -0.15) is 0 Å². The molecule has 0 aromatic carbocycles. The lowest BCUT2D eigenvalue weighted by Crippen LogP contribution is -1.90. The molecule has 2 nitrogen and oxygen atoms in total. The number of hydrogen-bond acceptors (Lipinski definition) is 1. The molecule has 0 atom stereocenters. The highest BCUT2D eigenvalue weighted by molar-refractivity contribution is 5.67. The first-order valence-electron chi connectivity index (χ1n) is 3.45. The average Bonchev–Trinajstić information content (AvgIpc) is 2.58. The Balaban J connectivity index is 2.31. The first-order valence-corrected chi connectivity index (χ1v) is 3.45. The highest BCUT2D eigenvalue weighted by Gasteiger charge is 2.01. The molecule has 0 bridgehead atoms. The molecule has 0 saturated carbocycles. The van der Waals surface area contributed by atoms with E-state index in [1.54, 1.807) is 18.6 Å². The van der Waals surface area contributed by atoms with Crippen LogP contribution in [0.5, 0.6) is 0 Å². The van der Waals surface area contributed by atoms with E-state index < -0.39 is 0 Å². The summed E-state index contributed by atoms with van der Waals surface area (Å²) in [5, 5.41) is 4.16. The van der Waals surface area contributed by atoms with Gasteiger partial charge < -0.3 is 0 Å². The van der Waals surface area contributed by atoms with Crippen molar-refractivity contribution in [3.63, 3.8) is 0 Å². The molecule has 0 unspecified atom stereocenters. The molecule has 2 heterocycles. The molecule has 1 aliphatic rings. The first kappa shape index (κ1) is 6.16. The Morgan fingerprint density at radius 1 is 1.09 bits per heavy atom. The standard InChI is InChI=1S/C9H7N2/c1-2-9(11-5-1)8-3-6-10-7-4-8/h1-7H. The Bertz CT molecular complexity index is 299. The van der Waals surface area contributed by atoms with Crippen LogP contribution in [-0.4, -0.2) is 4.98 Å². The fourth-order valence-electron chi connectivity index (χ4n) is 0.994. The Morgan fingerprint density at radius 2 is 1.91 bits per heavy atom. The van der Waals surface area contributed by atoms with Crippen LogP contribution in [-0.2, 0) is 0 Å². The average molecular weight is 143 g/mol. The lowest BCUT2D eigenvalue weighted by molar-refractivity contribution is 1.21. The zero-order valence-corrected chi connectivity index (χ0v) is 5.94. The summed E-state index contributed by atoms with van der Waals surface area (Å²) >= 11 is 0. The molecule has 0 amide bonds. The second kappa shape index (κ2) is 2.58. The number of hydrogen-bond donors (Lipinski definition) is 0. The van der Waals surface area contributed by atoms with Gasteiger partial charge in [-0.25, -0.2) is 0 Å². The van der Waals surface area contributed by atoms with Gasteiger partial charge in [0.25, 0.3) is 0 Å². The van der Waals surface area contributed by atoms with E-state index >= 15 is 0 Å². The molecule has 0 N–H and O–H groups in total. The van der Waals surface area contributed by atoms with Crippen molar-refractivity contribution < 1.29 is 0 Å². The smallest absolute Gasteiger partial charge is 0.0703 e. The Morgan fingerprint density at radius 3 is 2.55 bits per heavy atom. The molecule has 0 spiro atoms. The second-order valence-electron chi connectivity index (χ2n) is 2.26. The van der Waals surface area contributed by atoms with Crippen LogP contribution in [0.15, 0.2) is 42.9 Å². The van der Waals surface area contributed by atoms with Crippen LogP contribution >= 0.6 is 0 Å². The van der Waals surface area contributed by atoms with Crippen molar-refractivity contribution in [1.82, 2.24) is 10.3 Å². The van der Waals surface area contributed by atoms with Crippen LogP contribution in [0.25, 0.3) is 5.70 Å². The molecular formula is C9H7N2. The molecule has 0 aliphatic carbocycles. The summed E-state index contributed by atoms with van der Waals surface area (Å²) in [6, 6.07) is 3.89. The number of aromatic nitrogens is 1. The SMILES string of the molecule is C1=C[N]C(c2ccncc2)=C1. The predicted molar refractivity (Wildman–Crippen MR) is 43.5 cm³/mol. The summed E-state index contributed by atoms with van der Waals surface area (Å²) in [4.78, 5) is 3.93. The highest BCUT2D eigenvalue weighted by atomic mass is 14.9. The van der Waals surface area contributed by atoms with E-state index in [1.165, 1.54) is 0 Å². The first-order chi connectivity index (χ1) is 5.47. The topological polar surface area (TPSA) is 27.0 Å². The van der Waals surface area contributed by atoms with Crippen molar-refractivity contribution in [2.24, 2.45) is 0 Å². The third kappa shape index (κ3) is 1.15. The van der Waals surface area contributed by atoms with Crippen LogP contribution < -0.4 is 5.32 Å². The molecule has 53 valence electrons. The fraction of sp³-hybridized carbons (Fsp3) is 0. The quantitative estimate of drug-likeness (QED) is 0.586. The van der Waals surface area contributed by atoms with E-state index in [9.17, 15) is 0 Å². The molecule has 0 saturated heterocycles. The molecule has 0 fully saturated rings. The molecule has 1 aromatic heterocycles. The Labute approximate surface area is 65.3 Å². The van der Waals surface area contributed by atoms with Crippen LogP contribution in [0, 0.1) is 0 Å². The summed E-state index contributed by atoms with van der Waals surface area (Å²) in [7, 11) is 0. The van der Waals surface area contributed by atoms with Crippen LogP contribution in [0.1, 0.15) is 5.56 Å².